The van der Waals surface area contributed by atoms with Crippen molar-refractivity contribution < 1.29 is 18.4 Å². The fraction of sp³-hybridized carbons (Fsp3) is 0.280. The standard InChI is InChI=1S/C25H28FN3O3/c1-19(2)15-29(25(31)27-23-13-7-6-12-22(23)26)18-24(30)28(17-21-11-8-14-32-21)16-20-9-4-3-5-10-20/h3-14,19H,15-18H2,1-2H3,(H,27,31). The molecule has 0 fully saturated rings. The second-order valence-electron chi connectivity index (χ2n) is 8.00. The van der Waals surface area contributed by atoms with Gasteiger partial charge in [0.2, 0.25) is 5.91 Å². The van der Waals surface area contributed by atoms with E-state index in [9.17, 15) is 14.0 Å². The van der Waals surface area contributed by atoms with E-state index in [1.165, 1.54) is 17.0 Å². The Bertz CT molecular complexity index is 1010. The van der Waals surface area contributed by atoms with Crippen LogP contribution >= 0.6 is 0 Å². The SMILES string of the molecule is CC(C)CN(CC(=O)N(Cc1ccccc1)Cc1ccco1)C(=O)Nc1ccccc1F. The van der Waals surface area contributed by atoms with Gasteiger partial charge in [-0.25, -0.2) is 9.18 Å². The summed E-state index contributed by atoms with van der Waals surface area (Å²) in [5.74, 6) is 0.0251. The van der Waals surface area contributed by atoms with Crippen molar-refractivity contribution in [3.63, 3.8) is 0 Å². The van der Waals surface area contributed by atoms with E-state index in [0.29, 0.717) is 18.8 Å². The second kappa shape index (κ2) is 11.1. The van der Waals surface area contributed by atoms with Crippen LogP contribution in [0.1, 0.15) is 25.2 Å². The number of carbonyl (C=O) groups excluding carboxylic acids is 2. The van der Waals surface area contributed by atoms with Crippen LogP contribution in [-0.4, -0.2) is 34.8 Å². The summed E-state index contributed by atoms with van der Waals surface area (Å²) in [4.78, 5) is 29.2. The highest BCUT2D eigenvalue weighted by molar-refractivity contribution is 5.92. The molecule has 7 heteroatoms. The highest BCUT2D eigenvalue weighted by atomic mass is 19.1. The molecule has 3 aromatic rings. The van der Waals surface area contributed by atoms with Crippen molar-refractivity contribution in [2.24, 2.45) is 5.92 Å². The molecule has 0 saturated heterocycles. The Kier molecular flexibility index (Phi) is 8.02. The van der Waals surface area contributed by atoms with Crippen molar-refractivity contribution in [1.82, 2.24) is 9.80 Å². The zero-order valence-corrected chi connectivity index (χ0v) is 18.3. The van der Waals surface area contributed by atoms with Crippen molar-refractivity contribution >= 4 is 17.6 Å². The molecule has 32 heavy (non-hydrogen) atoms. The molecular formula is C25H28FN3O3. The predicted octanol–water partition coefficient (Wildman–Crippen LogP) is 5.14. The second-order valence-corrected chi connectivity index (χ2v) is 8.00. The average Bonchev–Trinajstić information content (AvgIpc) is 3.28. The third-order valence-electron chi connectivity index (χ3n) is 4.81. The van der Waals surface area contributed by atoms with Gasteiger partial charge in [-0.15, -0.1) is 0 Å². The Hall–Kier alpha value is -3.61. The van der Waals surface area contributed by atoms with Gasteiger partial charge in [-0.1, -0.05) is 56.3 Å². The van der Waals surface area contributed by atoms with E-state index in [2.05, 4.69) is 5.32 Å². The number of rotatable bonds is 9. The fourth-order valence-corrected chi connectivity index (χ4v) is 3.31. The Morgan fingerprint density at radius 2 is 1.66 bits per heavy atom. The average molecular weight is 438 g/mol. The molecular weight excluding hydrogens is 409 g/mol. The van der Waals surface area contributed by atoms with Gasteiger partial charge in [0.1, 0.15) is 18.1 Å². The molecule has 1 N–H and O–H groups in total. The summed E-state index contributed by atoms with van der Waals surface area (Å²) in [6.45, 7) is 4.80. The molecule has 6 nitrogen and oxygen atoms in total. The van der Waals surface area contributed by atoms with E-state index in [1.807, 2.05) is 50.2 Å². The molecule has 1 heterocycles. The van der Waals surface area contributed by atoms with Crippen LogP contribution in [0.2, 0.25) is 0 Å². The molecule has 1 aromatic heterocycles. The first-order valence-corrected chi connectivity index (χ1v) is 10.6. The van der Waals surface area contributed by atoms with Gasteiger partial charge in [-0.05, 0) is 35.7 Å². The smallest absolute Gasteiger partial charge is 0.322 e. The minimum atomic E-state index is -0.528. The molecule has 3 rings (SSSR count). The van der Waals surface area contributed by atoms with Gasteiger partial charge in [0.05, 0.1) is 18.5 Å². The summed E-state index contributed by atoms with van der Waals surface area (Å²) in [5, 5.41) is 2.58. The maximum absolute atomic E-state index is 14.0. The first-order chi connectivity index (χ1) is 15.4. The first-order valence-electron chi connectivity index (χ1n) is 10.6. The number of halogens is 1. The number of hydrogen-bond acceptors (Lipinski definition) is 3. The van der Waals surface area contributed by atoms with Crippen LogP contribution in [0.4, 0.5) is 14.9 Å². The number of urea groups is 1. The predicted molar refractivity (Wildman–Crippen MR) is 121 cm³/mol. The molecule has 0 saturated carbocycles. The molecule has 0 aliphatic heterocycles. The summed E-state index contributed by atoms with van der Waals surface area (Å²) in [6.07, 6.45) is 1.56. The molecule has 2 aromatic carbocycles. The molecule has 0 radical (unpaired) electrons. The van der Waals surface area contributed by atoms with E-state index >= 15 is 0 Å². The molecule has 0 aliphatic carbocycles. The van der Waals surface area contributed by atoms with Crippen molar-refractivity contribution in [2.45, 2.75) is 26.9 Å². The van der Waals surface area contributed by atoms with Gasteiger partial charge in [0.15, 0.2) is 0 Å². The Morgan fingerprint density at radius 3 is 2.31 bits per heavy atom. The van der Waals surface area contributed by atoms with Crippen LogP contribution in [0.5, 0.6) is 0 Å². The highest BCUT2D eigenvalue weighted by Gasteiger charge is 2.23. The maximum atomic E-state index is 14.0. The van der Waals surface area contributed by atoms with E-state index in [4.69, 9.17) is 4.42 Å². The number of hydrogen-bond donors (Lipinski definition) is 1. The van der Waals surface area contributed by atoms with Crippen molar-refractivity contribution in [3.8, 4) is 0 Å². The lowest BCUT2D eigenvalue weighted by molar-refractivity contribution is -0.133. The molecule has 0 aliphatic rings. The molecule has 168 valence electrons. The minimum absolute atomic E-state index is 0.0791. The Labute approximate surface area is 187 Å². The van der Waals surface area contributed by atoms with Crippen LogP contribution in [-0.2, 0) is 17.9 Å². The van der Waals surface area contributed by atoms with E-state index < -0.39 is 11.8 Å². The third-order valence-corrected chi connectivity index (χ3v) is 4.81. The molecule has 0 bridgehead atoms. The van der Waals surface area contributed by atoms with E-state index in [-0.39, 0.29) is 30.6 Å². The number of nitrogens with zero attached hydrogens (tertiary/aromatic N) is 2. The van der Waals surface area contributed by atoms with Gasteiger partial charge in [0.25, 0.3) is 0 Å². The molecule has 0 unspecified atom stereocenters. The lowest BCUT2D eigenvalue weighted by atomic mass is 10.2. The number of furan rings is 1. The number of amides is 3. The normalized spacial score (nSPS) is 10.8. The van der Waals surface area contributed by atoms with E-state index in [1.54, 1.807) is 29.4 Å². The van der Waals surface area contributed by atoms with Crippen molar-refractivity contribution in [1.29, 1.82) is 0 Å². The van der Waals surface area contributed by atoms with Crippen LogP contribution < -0.4 is 5.32 Å². The van der Waals surface area contributed by atoms with Gasteiger partial charge in [-0.3, -0.25) is 4.79 Å². The van der Waals surface area contributed by atoms with Crippen LogP contribution in [0, 0.1) is 11.7 Å². The zero-order valence-electron chi connectivity index (χ0n) is 18.3. The lowest BCUT2D eigenvalue weighted by Gasteiger charge is -2.28. The summed E-state index contributed by atoms with van der Waals surface area (Å²) in [6, 6.07) is 18.6. The molecule has 0 spiro atoms. The van der Waals surface area contributed by atoms with Gasteiger partial charge in [-0.2, -0.15) is 0 Å². The van der Waals surface area contributed by atoms with Gasteiger partial charge in [0, 0.05) is 13.1 Å². The summed E-state index contributed by atoms with van der Waals surface area (Å²) in [5.41, 5.74) is 1.05. The topological polar surface area (TPSA) is 65.8 Å². The lowest BCUT2D eigenvalue weighted by Crippen LogP contribution is -2.45. The summed E-state index contributed by atoms with van der Waals surface area (Å²) < 4.78 is 19.4. The summed E-state index contributed by atoms with van der Waals surface area (Å²) in [7, 11) is 0. The number of anilines is 1. The van der Waals surface area contributed by atoms with Gasteiger partial charge >= 0.3 is 6.03 Å². The highest BCUT2D eigenvalue weighted by Crippen LogP contribution is 2.15. The number of nitrogens with one attached hydrogen (secondary N) is 1. The molecule has 3 amide bonds. The van der Waals surface area contributed by atoms with Crippen LogP contribution in [0.25, 0.3) is 0 Å². The first kappa shape index (κ1) is 23.1. The third kappa shape index (κ3) is 6.70. The number of carbonyl (C=O) groups is 2. The van der Waals surface area contributed by atoms with Crippen molar-refractivity contribution in [2.75, 3.05) is 18.4 Å². The quantitative estimate of drug-likeness (QED) is 0.504. The molecule has 0 atom stereocenters. The Balaban J connectivity index is 1.76. The summed E-state index contributed by atoms with van der Waals surface area (Å²) >= 11 is 0. The van der Waals surface area contributed by atoms with Crippen LogP contribution in [0.3, 0.4) is 0 Å². The van der Waals surface area contributed by atoms with Crippen molar-refractivity contribution in [3.05, 3.63) is 90.1 Å². The van der Waals surface area contributed by atoms with Crippen LogP contribution in [0.15, 0.2) is 77.4 Å². The number of benzene rings is 2. The zero-order chi connectivity index (χ0) is 22.9. The monoisotopic (exact) mass is 437 g/mol. The largest absolute Gasteiger partial charge is 0.467 e. The Morgan fingerprint density at radius 1 is 0.938 bits per heavy atom. The van der Waals surface area contributed by atoms with E-state index in [0.717, 1.165) is 5.56 Å². The number of para-hydroxylation sites is 1. The minimum Gasteiger partial charge on any atom is -0.467 e. The maximum Gasteiger partial charge on any atom is 0.322 e. The van der Waals surface area contributed by atoms with Gasteiger partial charge < -0.3 is 19.5 Å². The fourth-order valence-electron chi connectivity index (χ4n) is 3.31.